The first-order valence-corrected chi connectivity index (χ1v) is 8.59. The summed E-state index contributed by atoms with van der Waals surface area (Å²) in [7, 11) is 0. The predicted octanol–water partition coefficient (Wildman–Crippen LogP) is 4.96. The second-order valence-electron chi connectivity index (χ2n) is 7.15. The number of nitrogens with zero attached hydrogens (tertiary/aromatic N) is 1. The highest BCUT2D eigenvalue weighted by Gasteiger charge is 2.51. The van der Waals surface area contributed by atoms with E-state index in [9.17, 15) is 0 Å². The minimum Gasteiger partial charge on any atom is -0.432 e. The Morgan fingerprint density at radius 1 is 0.826 bits per heavy atom. The van der Waals surface area contributed by atoms with Crippen molar-refractivity contribution in [1.82, 2.24) is 0 Å². The average molecular weight is 306 g/mol. The van der Waals surface area contributed by atoms with Crippen LogP contribution in [0.3, 0.4) is 0 Å². The molecule has 0 saturated carbocycles. The molecule has 0 aromatic heterocycles. The van der Waals surface area contributed by atoms with Crippen molar-refractivity contribution in [1.29, 1.82) is 0 Å². The number of hydrogen-bond acceptors (Lipinski definition) is 1. The molecular formula is C21H24NO+. The van der Waals surface area contributed by atoms with Crippen LogP contribution < -0.4 is 0 Å². The Morgan fingerprint density at radius 3 is 2.00 bits per heavy atom. The van der Waals surface area contributed by atoms with Gasteiger partial charge in [0.15, 0.2) is 12.1 Å². The predicted molar refractivity (Wildman–Crippen MR) is 93.7 cm³/mol. The summed E-state index contributed by atoms with van der Waals surface area (Å²) in [6.45, 7) is 8.97. The van der Waals surface area contributed by atoms with Gasteiger partial charge in [0, 0.05) is 11.1 Å². The zero-order chi connectivity index (χ0) is 16.1. The summed E-state index contributed by atoms with van der Waals surface area (Å²) in [5, 5.41) is 0. The van der Waals surface area contributed by atoms with E-state index in [0.29, 0.717) is 12.0 Å². The molecule has 2 aromatic carbocycles. The maximum atomic E-state index is 6.53. The number of ether oxygens (including phenoxy) is 1. The lowest BCUT2D eigenvalue weighted by Gasteiger charge is -2.27. The lowest BCUT2D eigenvalue weighted by molar-refractivity contribution is -0.597. The van der Waals surface area contributed by atoms with Crippen molar-refractivity contribution in [2.75, 3.05) is 0 Å². The molecule has 1 aliphatic heterocycles. The van der Waals surface area contributed by atoms with Gasteiger partial charge in [0.2, 0.25) is 6.04 Å². The number of hydrogen-bond donors (Lipinski definition) is 0. The highest BCUT2D eigenvalue weighted by molar-refractivity contribution is 5.79. The van der Waals surface area contributed by atoms with Crippen LogP contribution in [0.4, 0.5) is 0 Å². The molecule has 2 atom stereocenters. The third-order valence-corrected chi connectivity index (χ3v) is 4.98. The van der Waals surface area contributed by atoms with Crippen LogP contribution in [0.1, 0.15) is 51.0 Å². The molecule has 118 valence electrons. The summed E-state index contributed by atoms with van der Waals surface area (Å²) in [5.41, 5.74) is 5.37. The smallest absolute Gasteiger partial charge is 0.340 e. The van der Waals surface area contributed by atoms with Crippen molar-refractivity contribution in [3.63, 3.8) is 0 Å². The molecule has 0 bridgehead atoms. The molecule has 2 nitrogen and oxygen atoms in total. The van der Waals surface area contributed by atoms with Gasteiger partial charge >= 0.3 is 5.90 Å². The zero-order valence-corrected chi connectivity index (χ0v) is 14.3. The first kappa shape index (κ1) is 14.5. The topological polar surface area (TPSA) is 12.2 Å². The van der Waals surface area contributed by atoms with Gasteiger partial charge in [0.05, 0.1) is 5.92 Å². The van der Waals surface area contributed by atoms with Crippen LogP contribution in [0.2, 0.25) is 0 Å². The SMILES string of the molecule is CC(C)C1=[N+](C(C)C)[C@H]2c3ccccc3-c3ccccc3[C@H]2O1. The molecule has 0 radical (unpaired) electrons. The molecular weight excluding hydrogens is 282 g/mol. The van der Waals surface area contributed by atoms with E-state index >= 15 is 0 Å². The van der Waals surface area contributed by atoms with Crippen molar-refractivity contribution in [2.45, 2.75) is 45.9 Å². The molecule has 2 aliphatic rings. The fourth-order valence-electron chi connectivity index (χ4n) is 4.09. The minimum atomic E-state index is 0.0981. The van der Waals surface area contributed by atoms with Gasteiger partial charge in [-0.1, -0.05) is 48.5 Å². The third-order valence-electron chi connectivity index (χ3n) is 4.98. The molecule has 2 aromatic rings. The van der Waals surface area contributed by atoms with Crippen molar-refractivity contribution in [2.24, 2.45) is 5.92 Å². The molecule has 0 saturated heterocycles. The molecule has 23 heavy (non-hydrogen) atoms. The Hall–Kier alpha value is -2.09. The number of rotatable bonds is 2. The van der Waals surface area contributed by atoms with Gasteiger partial charge in [-0.15, -0.1) is 0 Å². The maximum absolute atomic E-state index is 6.53. The Morgan fingerprint density at radius 2 is 1.39 bits per heavy atom. The fourth-order valence-corrected chi connectivity index (χ4v) is 4.09. The maximum Gasteiger partial charge on any atom is 0.340 e. The molecule has 1 heterocycles. The minimum absolute atomic E-state index is 0.0981. The normalized spacial score (nSPS) is 22.0. The monoisotopic (exact) mass is 306 g/mol. The molecule has 0 amide bonds. The molecule has 4 rings (SSSR count). The van der Waals surface area contributed by atoms with Crippen molar-refractivity contribution in [3.05, 3.63) is 59.7 Å². The Bertz CT molecular complexity index is 788. The summed E-state index contributed by atoms with van der Waals surface area (Å²) in [6.07, 6.45) is 0.0981. The largest absolute Gasteiger partial charge is 0.432 e. The molecule has 0 N–H and O–H groups in total. The quantitative estimate of drug-likeness (QED) is 0.715. The number of benzene rings is 2. The first-order chi connectivity index (χ1) is 11.1. The van der Waals surface area contributed by atoms with Gasteiger partial charge in [-0.3, -0.25) is 0 Å². The van der Waals surface area contributed by atoms with E-state index in [1.54, 1.807) is 0 Å². The van der Waals surface area contributed by atoms with Crippen LogP contribution >= 0.6 is 0 Å². The van der Waals surface area contributed by atoms with Crippen LogP contribution in [0, 0.1) is 5.92 Å². The summed E-state index contributed by atoms with van der Waals surface area (Å²) < 4.78 is 9.02. The molecule has 0 spiro atoms. The van der Waals surface area contributed by atoms with Crippen LogP contribution in [0.5, 0.6) is 0 Å². The van der Waals surface area contributed by atoms with Crippen molar-refractivity contribution < 1.29 is 9.31 Å². The van der Waals surface area contributed by atoms with Gasteiger partial charge in [-0.05, 0) is 38.8 Å². The molecule has 1 aliphatic carbocycles. The number of fused-ring (bicyclic) bond motifs is 6. The van der Waals surface area contributed by atoms with E-state index in [1.165, 1.54) is 22.3 Å². The van der Waals surface area contributed by atoms with Gasteiger partial charge in [-0.25, -0.2) is 0 Å². The van der Waals surface area contributed by atoms with Gasteiger partial charge in [0.25, 0.3) is 0 Å². The van der Waals surface area contributed by atoms with Gasteiger partial charge < -0.3 is 4.74 Å². The average Bonchev–Trinajstić information content (AvgIpc) is 2.96. The lowest BCUT2D eigenvalue weighted by atomic mass is 9.80. The van der Waals surface area contributed by atoms with E-state index in [4.69, 9.17) is 4.74 Å². The molecule has 0 unspecified atom stereocenters. The highest BCUT2D eigenvalue weighted by Crippen LogP contribution is 2.51. The van der Waals surface area contributed by atoms with Gasteiger partial charge in [0.1, 0.15) is 0 Å². The second kappa shape index (κ2) is 5.23. The summed E-state index contributed by atoms with van der Waals surface area (Å²) in [4.78, 5) is 0. The Balaban J connectivity index is 1.99. The van der Waals surface area contributed by atoms with E-state index in [0.717, 1.165) is 5.90 Å². The third kappa shape index (κ3) is 2.04. The fraction of sp³-hybridized carbons (Fsp3) is 0.381. The van der Waals surface area contributed by atoms with Crippen LogP contribution in [-0.4, -0.2) is 16.5 Å². The first-order valence-electron chi connectivity index (χ1n) is 8.59. The van der Waals surface area contributed by atoms with E-state index < -0.39 is 0 Å². The summed E-state index contributed by atoms with van der Waals surface area (Å²) in [5.74, 6) is 1.52. The summed E-state index contributed by atoms with van der Waals surface area (Å²) in [6, 6.07) is 18.2. The van der Waals surface area contributed by atoms with E-state index in [-0.39, 0.29) is 12.1 Å². The van der Waals surface area contributed by atoms with Crippen LogP contribution in [-0.2, 0) is 4.74 Å². The molecule has 0 fully saturated rings. The Kier molecular flexibility index (Phi) is 3.29. The van der Waals surface area contributed by atoms with Crippen molar-refractivity contribution >= 4 is 5.90 Å². The highest BCUT2D eigenvalue weighted by atomic mass is 16.5. The van der Waals surface area contributed by atoms with Gasteiger partial charge in [-0.2, -0.15) is 4.58 Å². The Labute approximate surface area is 138 Å². The standard InChI is InChI=1S/C21H24NO/c1-13(2)21-22(14(3)4)19-17-11-7-5-9-15(17)16-10-6-8-12-18(16)20(19)23-21/h5-14,19-20H,1-4H3/q+1/t19-,20+/m0/s1. The van der Waals surface area contributed by atoms with Crippen LogP contribution in [0.25, 0.3) is 11.1 Å². The lowest BCUT2D eigenvalue weighted by Crippen LogP contribution is -2.30. The molecule has 2 heteroatoms. The summed E-state index contributed by atoms with van der Waals surface area (Å²) >= 11 is 0. The van der Waals surface area contributed by atoms with Crippen LogP contribution in [0.15, 0.2) is 48.5 Å². The van der Waals surface area contributed by atoms with E-state index in [2.05, 4.69) is 80.8 Å². The van der Waals surface area contributed by atoms with Crippen molar-refractivity contribution in [3.8, 4) is 11.1 Å². The second-order valence-corrected chi connectivity index (χ2v) is 7.15. The zero-order valence-electron chi connectivity index (χ0n) is 14.3. The van der Waals surface area contributed by atoms with E-state index in [1.807, 2.05) is 0 Å².